The summed E-state index contributed by atoms with van der Waals surface area (Å²) in [6, 6.07) is 5.94. The van der Waals surface area contributed by atoms with Crippen molar-refractivity contribution in [1.29, 1.82) is 0 Å². The molecule has 0 radical (unpaired) electrons. The molecule has 1 amide bonds. The van der Waals surface area contributed by atoms with Crippen LogP contribution in [0.2, 0.25) is 0 Å². The van der Waals surface area contributed by atoms with Gasteiger partial charge < -0.3 is 10.4 Å². The first-order valence-corrected chi connectivity index (χ1v) is 8.29. The van der Waals surface area contributed by atoms with Crippen molar-refractivity contribution in [2.75, 3.05) is 16.8 Å². The molecule has 0 saturated carbocycles. The largest absolute Gasteiger partial charge is 0.481 e. The number of hydrogen-bond donors (Lipinski definition) is 2. The maximum Gasteiger partial charge on any atom is 0.313 e. The number of carboxylic acids is 1. The van der Waals surface area contributed by atoms with Crippen LogP contribution in [0.15, 0.2) is 29.6 Å². The first-order valence-electron chi connectivity index (χ1n) is 6.25. The van der Waals surface area contributed by atoms with Crippen LogP contribution in [0.5, 0.6) is 0 Å². The summed E-state index contributed by atoms with van der Waals surface area (Å²) in [7, 11) is 0. The second kappa shape index (κ2) is 7.70. The van der Waals surface area contributed by atoms with E-state index >= 15 is 0 Å². The molecule has 120 valence electrons. The molecule has 0 fully saturated rings. The van der Waals surface area contributed by atoms with Crippen molar-refractivity contribution in [2.24, 2.45) is 0 Å². The number of aromatic nitrogens is 1. The van der Waals surface area contributed by atoms with Crippen molar-refractivity contribution in [3.8, 4) is 11.3 Å². The minimum atomic E-state index is -0.975. The topological polar surface area (TPSA) is 122 Å². The number of nitrogens with zero attached hydrogens (tertiary/aromatic N) is 2. The average molecular weight is 353 g/mol. The molecule has 8 nitrogen and oxygen atoms in total. The van der Waals surface area contributed by atoms with Gasteiger partial charge in [-0.15, -0.1) is 23.1 Å². The third-order valence-corrected chi connectivity index (χ3v) is 4.26. The van der Waals surface area contributed by atoms with Crippen molar-refractivity contribution in [3.63, 3.8) is 0 Å². The van der Waals surface area contributed by atoms with Gasteiger partial charge in [-0.1, -0.05) is 0 Å². The van der Waals surface area contributed by atoms with E-state index in [2.05, 4.69) is 10.3 Å². The molecule has 0 atom stereocenters. The van der Waals surface area contributed by atoms with Crippen molar-refractivity contribution in [2.45, 2.75) is 0 Å². The van der Waals surface area contributed by atoms with E-state index in [0.717, 1.165) is 11.8 Å². The van der Waals surface area contributed by atoms with Gasteiger partial charge >= 0.3 is 5.97 Å². The summed E-state index contributed by atoms with van der Waals surface area (Å²) >= 11 is 2.22. The molecule has 2 aromatic rings. The van der Waals surface area contributed by atoms with Crippen LogP contribution in [-0.4, -0.2) is 38.4 Å². The van der Waals surface area contributed by atoms with Gasteiger partial charge in [0.1, 0.15) is 0 Å². The Kier molecular flexibility index (Phi) is 5.66. The molecule has 0 aliphatic heterocycles. The van der Waals surface area contributed by atoms with E-state index in [-0.39, 0.29) is 23.1 Å². The molecular weight excluding hydrogens is 342 g/mol. The minimum Gasteiger partial charge on any atom is -0.481 e. The van der Waals surface area contributed by atoms with E-state index < -0.39 is 10.9 Å². The normalized spacial score (nSPS) is 10.3. The maximum atomic E-state index is 11.6. The number of thiazole rings is 1. The Balaban J connectivity index is 1.96. The molecule has 0 bridgehead atoms. The summed E-state index contributed by atoms with van der Waals surface area (Å²) in [5.41, 5.74) is 1.29. The molecular formula is C13H11N3O5S2. The van der Waals surface area contributed by atoms with Crippen LogP contribution < -0.4 is 5.32 Å². The summed E-state index contributed by atoms with van der Waals surface area (Å²) in [4.78, 5) is 36.3. The third kappa shape index (κ3) is 5.04. The number of rotatable bonds is 7. The third-order valence-electron chi connectivity index (χ3n) is 2.58. The lowest BCUT2D eigenvalue weighted by Crippen LogP contribution is -2.15. The van der Waals surface area contributed by atoms with Gasteiger partial charge in [-0.2, -0.15) is 0 Å². The van der Waals surface area contributed by atoms with Crippen LogP contribution in [0.4, 0.5) is 10.8 Å². The van der Waals surface area contributed by atoms with Crippen molar-refractivity contribution >= 4 is 45.8 Å². The van der Waals surface area contributed by atoms with Crippen LogP contribution in [0.25, 0.3) is 11.3 Å². The van der Waals surface area contributed by atoms with Gasteiger partial charge in [0.25, 0.3) is 5.69 Å². The van der Waals surface area contributed by atoms with Crippen molar-refractivity contribution in [3.05, 3.63) is 39.8 Å². The molecule has 0 aliphatic carbocycles. The Morgan fingerprint density at radius 3 is 2.61 bits per heavy atom. The number of thioether (sulfide) groups is 1. The Labute approximate surface area is 138 Å². The Morgan fingerprint density at radius 1 is 1.30 bits per heavy atom. The number of carbonyl (C=O) groups is 2. The number of nitrogens with one attached hydrogen (secondary N) is 1. The number of amides is 1. The number of non-ortho nitro benzene ring substituents is 1. The number of nitro benzene ring substituents is 1. The lowest BCUT2D eigenvalue weighted by molar-refractivity contribution is -0.384. The van der Waals surface area contributed by atoms with Gasteiger partial charge in [0.15, 0.2) is 5.13 Å². The van der Waals surface area contributed by atoms with Gasteiger partial charge in [0, 0.05) is 23.1 Å². The SMILES string of the molecule is O=C(O)CSCC(=O)Nc1nc(-c2ccc([N+](=O)[O-])cc2)cs1. The molecule has 10 heteroatoms. The second-order valence-electron chi connectivity index (χ2n) is 4.28. The van der Waals surface area contributed by atoms with Gasteiger partial charge in [0.2, 0.25) is 5.91 Å². The van der Waals surface area contributed by atoms with E-state index in [9.17, 15) is 19.7 Å². The van der Waals surface area contributed by atoms with Gasteiger partial charge in [-0.25, -0.2) is 4.98 Å². The smallest absolute Gasteiger partial charge is 0.313 e. The molecule has 0 spiro atoms. The number of anilines is 1. The van der Waals surface area contributed by atoms with E-state index in [1.807, 2.05) is 0 Å². The molecule has 1 heterocycles. The number of carboxylic acid groups (broad SMARTS) is 1. The number of carbonyl (C=O) groups excluding carboxylic acids is 1. The zero-order valence-electron chi connectivity index (χ0n) is 11.6. The highest BCUT2D eigenvalue weighted by atomic mass is 32.2. The Bertz CT molecular complexity index is 729. The molecule has 2 N–H and O–H groups in total. The molecule has 0 saturated heterocycles. The predicted molar refractivity (Wildman–Crippen MR) is 87.8 cm³/mol. The molecule has 1 aromatic heterocycles. The lowest BCUT2D eigenvalue weighted by Gasteiger charge is -2.00. The number of nitro groups is 1. The molecule has 2 rings (SSSR count). The Morgan fingerprint density at radius 2 is 2.00 bits per heavy atom. The lowest BCUT2D eigenvalue weighted by atomic mass is 10.1. The highest BCUT2D eigenvalue weighted by Crippen LogP contribution is 2.26. The summed E-state index contributed by atoms with van der Waals surface area (Å²) in [5, 5.41) is 23.8. The minimum absolute atomic E-state index is 0.00652. The fourth-order valence-corrected chi connectivity index (χ4v) is 2.87. The average Bonchev–Trinajstić information content (AvgIpc) is 2.95. The van der Waals surface area contributed by atoms with Crippen LogP contribution in [0, 0.1) is 10.1 Å². The fraction of sp³-hybridized carbons (Fsp3) is 0.154. The summed E-state index contributed by atoms with van der Waals surface area (Å²) in [6.07, 6.45) is 0. The van der Waals surface area contributed by atoms with E-state index in [0.29, 0.717) is 16.4 Å². The maximum absolute atomic E-state index is 11.6. The zero-order chi connectivity index (χ0) is 16.8. The van der Waals surface area contributed by atoms with Crippen LogP contribution in [-0.2, 0) is 9.59 Å². The zero-order valence-corrected chi connectivity index (χ0v) is 13.2. The van der Waals surface area contributed by atoms with Gasteiger partial charge in [-0.05, 0) is 12.1 Å². The van der Waals surface area contributed by atoms with E-state index in [1.165, 1.54) is 23.5 Å². The molecule has 0 unspecified atom stereocenters. The molecule has 1 aromatic carbocycles. The number of benzene rings is 1. The first kappa shape index (κ1) is 16.9. The summed E-state index contributed by atoms with van der Waals surface area (Å²) < 4.78 is 0. The number of hydrogen-bond acceptors (Lipinski definition) is 7. The molecule has 23 heavy (non-hydrogen) atoms. The quantitative estimate of drug-likeness (QED) is 0.579. The number of aliphatic carboxylic acids is 1. The van der Waals surface area contributed by atoms with Crippen molar-refractivity contribution in [1.82, 2.24) is 4.98 Å². The van der Waals surface area contributed by atoms with Crippen LogP contribution in [0.3, 0.4) is 0 Å². The highest BCUT2D eigenvalue weighted by Gasteiger charge is 2.10. The second-order valence-corrected chi connectivity index (χ2v) is 6.12. The van der Waals surface area contributed by atoms with Crippen LogP contribution >= 0.6 is 23.1 Å². The molecule has 0 aliphatic rings. The van der Waals surface area contributed by atoms with Gasteiger partial charge in [0.05, 0.1) is 22.1 Å². The standard InChI is InChI=1S/C13H11N3O5S2/c17-11(6-22-7-12(18)19)15-13-14-10(5-23-13)8-1-3-9(4-2-8)16(20)21/h1-5H,6-7H2,(H,18,19)(H,14,15,17). The predicted octanol–water partition coefficient (Wildman–Crippen LogP) is 2.47. The Hall–Kier alpha value is -2.46. The van der Waals surface area contributed by atoms with Gasteiger partial charge in [-0.3, -0.25) is 19.7 Å². The fourth-order valence-electron chi connectivity index (χ4n) is 1.60. The van der Waals surface area contributed by atoms with Crippen molar-refractivity contribution < 1.29 is 19.6 Å². The summed E-state index contributed by atoms with van der Waals surface area (Å²) in [5.74, 6) is -1.42. The van der Waals surface area contributed by atoms with E-state index in [4.69, 9.17) is 5.11 Å². The van der Waals surface area contributed by atoms with E-state index in [1.54, 1.807) is 17.5 Å². The summed E-state index contributed by atoms with van der Waals surface area (Å²) in [6.45, 7) is 0. The monoisotopic (exact) mass is 353 g/mol. The van der Waals surface area contributed by atoms with Crippen LogP contribution in [0.1, 0.15) is 0 Å². The highest BCUT2D eigenvalue weighted by molar-refractivity contribution is 8.00. The first-order chi connectivity index (χ1) is 11.0.